The fourth-order valence-corrected chi connectivity index (χ4v) is 0.248. The molecule has 0 aromatic carbocycles. The number of carbonyl (C=O) groups is 2. The van der Waals surface area contributed by atoms with Crippen molar-refractivity contribution in [3.05, 3.63) is 12.7 Å². The van der Waals surface area contributed by atoms with Crippen molar-refractivity contribution >= 4 is 24.8 Å². The Kier molecular flexibility index (Phi) is 3.34. The van der Waals surface area contributed by atoms with Crippen molar-refractivity contribution < 1.29 is 14.4 Å². The van der Waals surface area contributed by atoms with Crippen LogP contribution in [0.1, 0.15) is 0 Å². The first-order valence-corrected chi connectivity index (χ1v) is 2.60. The van der Waals surface area contributed by atoms with Crippen LogP contribution >= 0.6 is 12.8 Å². The van der Waals surface area contributed by atoms with E-state index in [1.807, 2.05) is 0 Å². The SMILES string of the molecule is C=CC(=O)ON(S)C(N)=O. The molecule has 0 rings (SSSR count). The summed E-state index contributed by atoms with van der Waals surface area (Å²) in [6.45, 7) is 3.09. The summed E-state index contributed by atoms with van der Waals surface area (Å²) < 4.78 is 0.310. The van der Waals surface area contributed by atoms with Gasteiger partial charge in [0.25, 0.3) is 0 Å². The normalized spacial score (nSPS) is 8.10. The maximum Gasteiger partial charge on any atom is 0.358 e. The predicted molar refractivity (Wildman–Crippen MR) is 36.7 cm³/mol. The fraction of sp³-hybridized carbons (Fsp3) is 0. The van der Waals surface area contributed by atoms with Gasteiger partial charge >= 0.3 is 12.0 Å². The van der Waals surface area contributed by atoms with E-state index in [0.29, 0.717) is 4.47 Å². The van der Waals surface area contributed by atoms with E-state index >= 15 is 0 Å². The van der Waals surface area contributed by atoms with Crippen LogP contribution in [-0.2, 0) is 9.63 Å². The van der Waals surface area contributed by atoms with Crippen LogP contribution in [-0.4, -0.2) is 16.5 Å². The number of urea groups is 1. The maximum atomic E-state index is 10.3. The third kappa shape index (κ3) is 2.98. The van der Waals surface area contributed by atoms with Gasteiger partial charge in [-0.05, 0) is 12.8 Å². The highest BCUT2D eigenvalue weighted by Gasteiger charge is 2.07. The summed E-state index contributed by atoms with van der Waals surface area (Å²) in [6.07, 6.45) is 0.881. The van der Waals surface area contributed by atoms with Gasteiger partial charge in [-0.15, -0.1) is 0 Å². The van der Waals surface area contributed by atoms with E-state index in [2.05, 4.69) is 30.0 Å². The monoisotopic (exact) mass is 162 g/mol. The molecule has 56 valence electrons. The molecule has 0 aromatic rings. The molecule has 0 aromatic heterocycles. The Bertz CT molecular complexity index is 170. The molecule has 0 saturated carbocycles. The molecule has 0 unspecified atom stereocenters. The summed E-state index contributed by atoms with van der Waals surface area (Å²) in [5.74, 6) is -0.797. The van der Waals surface area contributed by atoms with Crippen LogP contribution in [0, 0.1) is 0 Å². The van der Waals surface area contributed by atoms with Gasteiger partial charge in [-0.2, -0.15) is 0 Å². The molecule has 5 nitrogen and oxygen atoms in total. The predicted octanol–water partition coefficient (Wildman–Crippen LogP) is -0.144. The van der Waals surface area contributed by atoms with Gasteiger partial charge in [0.15, 0.2) is 0 Å². The second-order valence-electron chi connectivity index (χ2n) is 1.23. The quantitative estimate of drug-likeness (QED) is 0.320. The van der Waals surface area contributed by atoms with Crippen molar-refractivity contribution in [1.29, 1.82) is 0 Å². The number of amides is 2. The van der Waals surface area contributed by atoms with E-state index in [0.717, 1.165) is 6.08 Å². The number of nitrogens with two attached hydrogens (primary N) is 1. The number of primary amides is 1. The van der Waals surface area contributed by atoms with Gasteiger partial charge in [-0.25, -0.2) is 9.59 Å². The summed E-state index contributed by atoms with van der Waals surface area (Å²) in [5, 5.41) is 0. The van der Waals surface area contributed by atoms with E-state index < -0.39 is 12.0 Å². The topological polar surface area (TPSA) is 72.6 Å². The van der Waals surface area contributed by atoms with E-state index in [-0.39, 0.29) is 0 Å². The van der Waals surface area contributed by atoms with E-state index in [1.54, 1.807) is 0 Å². The first-order valence-electron chi connectivity index (χ1n) is 2.20. The number of rotatable bonds is 1. The molecule has 0 saturated heterocycles. The van der Waals surface area contributed by atoms with Crippen LogP contribution in [0.25, 0.3) is 0 Å². The lowest BCUT2D eigenvalue weighted by Gasteiger charge is -2.08. The smallest absolute Gasteiger partial charge is 0.348 e. The third-order valence-corrected chi connectivity index (χ3v) is 0.810. The third-order valence-electron chi connectivity index (χ3n) is 0.532. The van der Waals surface area contributed by atoms with E-state index in [9.17, 15) is 9.59 Å². The van der Waals surface area contributed by atoms with Gasteiger partial charge in [0.05, 0.1) is 0 Å². The average molecular weight is 162 g/mol. The number of hydrogen-bond acceptors (Lipinski definition) is 4. The Balaban J connectivity index is 3.79. The van der Waals surface area contributed by atoms with Crippen LogP contribution in [0.3, 0.4) is 0 Å². The highest BCUT2D eigenvalue weighted by molar-refractivity contribution is 7.78. The standard InChI is InChI=1S/C4H6N2O3S/c1-2-3(7)9-6(10)4(5)8/h2,10H,1H2,(H2,5,8). The molecular weight excluding hydrogens is 156 g/mol. The molecule has 0 radical (unpaired) electrons. The van der Waals surface area contributed by atoms with E-state index in [4.69, 9.17) is 0 Å². The Morgan fingerprint density at radius 1 is 1.70 bits per heavy atom. The first kappa shape index (κ1) is 8.83. The summed E-state index contributed by atoms with van der Waals surface area (Å²) in [5.41, 5.74) is 4.64. The molecular formula is C4H6N2O3S. The summed E-state index contributed by atoms with van der Waals surface area (Å²) in [6, 6.07) is -0.974. The zero-order chi connectivity index (χ0) is 8.15. The number of thiol groups is 1. The van der Waals surface area contributed by atoms with Crippen molar-refractivity contribution in [2.45, 2.75) is 0 Å². The Hall–Kier alpha value is -1.17. The molecule has 0 spiro atoms. The summed E-state index contributed by atoms with van der Waals surface area (Å²) >= 11 is 3.39. The van der Waals surface area contributed by atoms with Crippen molar-refractivity contribution in [2.75, 3.05) is 0 Å². The minimum absolute atomic E-state index is 0.310. The number of hydroxylamine groups is 1. The maximum absolute atomic E-state index is 10.3. The first-order chi connectivity index (χ1) is 4.57. The molecule has 0 heterocycles. The largest absolute Gasteiger partial charge is 0.358 e. The molecule has 0 fully saturated rings. The molecule has 2 N–H and O–H groups in total. The molecule has 0 atom stereocenters. The highest BCUT2D eigenvalue weighted by atomic mass is 32.1. The van der Waals surface area contributed by atoms with Gasteiger partial charge in [0.2, 0.25) is 0 Å². The van der Waals surface area contributed by atoms with Gasteiger partial charge in [-0.3, -0.25) is 0 Å². The van der Waals surface area contributed by atoms with Gasteiger partial charge in [0.1, 0.15) is 0 Å². The van der Waals surface area contributed by atoms with Gasteiger partial charge in [-0.1, -0.05) is 11.0 Å². The Labute approximate surface area is 62.9 Å². The minimum atomic E-state index is -0.974. The lowest BCUT2D eigenvalue weighted by Crippen LogP contribution is -2.29. The zero-order valence-corrected chi connectivity index (χ0v) is 5.88. The van der Waals surface area contributed by atoms with Crippen molar-refractivity contribution in [3.8, 4) is 0 Å². The number of carbonyl (C=O) groups excluding carboxylic acids is 2. The second kappa shape index (κ2) is 3.78. The number of nitrogens with zero attached hydrogens (tertiary/aromatic N) is 1. The van der Waals surface area contributed by atoms with Crippen molar-refractivity contribution in [1.82, 2.24) is 4.47 Å². The molecule has 0 aliphatic carbocycles. The lowest BCUT2D eigenvalue weighted by atomic mass is 10.7. The van der Waals surface area contributed by atoms with Crippen LogP contribution in [0.15, 0.2) is 12.7 Å². The minimum Gasteiger partial charge on any atom is -0.348 e. The number of hydrogen-bond donors (Lipinski definition) is 2. The Morgan fingerprint density at radius 3 is 2.50 bits per heavy atom. The fourth-order valence-electron chi connectivity index (χ4n) is 0.167. The second-order valence-corrected chi connectivity index (χ2v) is 1.59. The van der Waals surface area contributed by atoms with Crippen LogP contribution < -0.4 is 5.73 Å². The molecule has 6 heteroatoms. The van der Waals surface area contributed by atoms with E-state index in [1.165, 1.54) is 0 Å². The van der Waals surface area contributed by atoms with Crippen LogP contribution in [0.2, 0.25) is 0 Å². The molecule has 0 bridgehead atoms. The molecule has 10 heavy (non-hydrogen) atoms. The molecule has 0 aliphatic heterocycles. The van der Waals surface area contributed by atoms with Crippen molar-refractivity contribution in [2.24, 2.45) is 5.73 Å². The molecule has 0 aliphatic rings. The van der Waals surface area contributed by atoms with Crippen LogP contribution in [0.4, 0.5) is 4.79 Å². The zero-order valence-electron chi connectivity index (χ0n) is 4.98. The lowest BCUT2D eigenvalue weighted by molar-refractivity contribution is -0.153. The average Bonchev–Trinajstić information content (AvgIpc) is 1.87. The van der Waals surface area contributed by atoms with Crippen molar-refractivity contribution in [3.63, 3.8) is 0 Å². The van der Waals surface area contributed by atoms with Gasteiger partial charge < -0.3 is 10.6 Å². The summed E-state index contributed by atoms with van der Waals surface area (Å²) in [4.78, 5) is 24.5. The van der Waals surface area contributed by atoms with Crippen LogP contribution in [0.5, 0.6) is 0 Å². The highest BCUT2D eigenvalue weighted by Crippen LogP contribution is 1.94. The summed E-state index contributed by atoms with van der Waals surface area (Å²) in [7, 11) is 0. The molecule has 2 amide bonds. The Morgan fingerprint density at radius 2 is 2.20 bits per heavy atom. The van der Waals surface area contributed by atoms with Gasteiger partial charge in [0, 0.05) is 6.08 Å².